The number of carbonyl (C=O) groups excluding carboxylic acids is 2. The van der Waals surface area contributed by atoms with Crippen LogP contribution in [-0.2, 0) is 6.42 Å². The van der Waals surface area contributed by atoms with Gasteiger partial charge in [0, 0.05) is 26.2 Å². The number of nitrogens with one attached hydrogen (secondary N) is 2. The molecular formula is C25H26N4O5S. The van der Waals surface area contributed by atoms with Crippen LogP contribution in [-0.4, -0.2) is 48.2 Å². The quantitative estimate of drug-likeness (QED) is 0.504. The maximum Gasteiger partial charge on any atom is 0.413 e. The smallest absolute Gasteiger partial charge is 0.413 e. The van der Waals surface area contributed by atoms with Crippen LogP contribution in [0.5, 0.6) is 21.8 Å². The summed E-state index contributed by atoms with van der Waals surface area (Å²) in [5.74, 6) is 1.51. The number of thiazole rings is 1. The van der Waals surface area contributed by atoms with Crippen LogP contribution in [0.2, 0.25) is 0 Å². The van der Waals surface area contributed by atoms with Gasteiger partial charge in [0.05, 0.1) is 6.20 Å². The summed E-state index contributed by atoms with van der Waals surface area (Å²) < 4.78 is 17.4. The molecule has 0 radical (unpaired) electrons. The number of ether oxygens (including phenoxy) is 3. The molecule has 0 bridgehead atoms. The number of carbonyl (C=O) groups is 2. The fraction of sp³-hybridized carbons (Fsp3) is 0.320. The standard InChI is InChI=1S/C25H26N4O5S/c1-16-4-2-3-5-19(16)21-8-6-17-14-18(7-9-20(17)33-21)32-25-28-15-22(35-25)34-24(31)27-11-13-29-12-10-26-23(29)30/h2-5,7,9,14-15,21H,6,8,10-13H2,1H3,(H,26,30)(H,27,31). The van der Waals surface area contributed by atoms with Crippen molar-refractivity contribution in [1.82, 2.24) is 20.5 Å². The summed E-state index contributed by atoms with van der Waals surface area (Å²) in [4.78, 5) is 29.3. The zero-order chi connectivity index (χ0) is 24.2. The molecule has 0 spiro atoms. The second-order valence-corrected chi connectivity index (χ2v) is 9.31. The van der Waals surface area contributed by atoms with Crippen molar-refractivity contribution in [3.8, 4) is 21.8 Å². The van der Waals surface area contributed by atoms with Crippen molar-refractivity contribution >= 4 is 23.5 Å². The predicted molar refractivity (Wildman–Crippen MR) is 130 cm³/mol. The molecule has 0 saturated carbocycles. The summed E-state index contributed by atoms with van der Waals surface area (Å²) in [7, 11) is 0. The van der Waals surface area contributed by atoms with Gasteiger partial charge >= 0.3 is 12.1 Å². The summed E-state index contributed by atoms with van der Waals surface area (Å²) in [6, 6.07) is 13.9. The Hall–Kier alpha value is -3.79. The Morgan fingerprint density at radius 2 is 2.20 bits per heavy atom. The zero-order valence-corrected chi connectivity index (χ0v) is 20.1. The molecule has 1 aromatic heterocycles. The number of benzene rings is 2. The summed E-state index contributed by atoms with van der Waals surface area (Å²) in [6.07, 6.45) is 2.68. The Morgan fingerprint density at radius 1 is 1.31 bits per heavy atom. The minimum atomic E-state index is -0.603. The van der Waals surface area contributed by atoms with Gasteiger partial charge in [-0.25, -0.2) is 14.6 Å². The van der Waals surface area contributed by atoms with Crippen molar-refractivity contribution in [2.24, 2.45) is 0 Å². The van der Waals surface area contributed by atoms with E-state index in [1.165, 1.54) is 17.3 Å². The van der Waals surface area contributed by atoms with Crippen LogP contribution in [0.4, 0.5) is 9.59 Å². The minimum Gasteiger partial charge on any atom is -0.485 e. The minimum absolute atomic E-state index is 0.0489. The van der Waals surface area contributed by atoms with Gasteiger partial charge in [0.15, 0.2) is 0 Å². The van der Waals surface area contributed by atoms with E-state index in [9.17, 15) is 9.59 Å². The molecule has 9 nitrogen and oxygen atoms in total. The Morgan fingerprint density at radius 3 is 3.03 bits per heavy atom. The Balaban J connectivity index is 1.13. The molecule has 3 aromatic rings. The molecule has 3 heterocycles. The molecule has 2 aromatic carbocycles. The highest BCUT2D eigenvalue weighted by Gasteiger charge is 2.23. The predicted octanol–water partition coefficient (Wildman–Crippen LogP) is 4.42. The number of hydrogen-bond acceptors (Lipinski definition) is 7. The van der Waals surface area contributed by atoms with Crippen molar-refractivity contribution in [3.05, 3.63) is 65.4 Å². The van der Waals surface area contributed by atoms with Gasteiger partial charge in [-0.3, -0.25) is 0 Å². The number of nitrogens with zero attached hydrogens (tertiary/aromatic N) is 2. The number of aromatic nitrogens is 1. The first kappa shape index (κ1) is 23.0. The lowest BCUT2D eigenvalue weighted by molar-refractivity contribution is 0.175. The molecule has 1 atom stereocenters. The molecule has 2 aliphatic heterocycles. The van der Waals surface area contributed by atoms with Crippen LogP contribution in [0.15, 0.2) is 48.7 Å². The average molecular weight is 495 g/mol. The molecule has 2 N–H and O–H groups in total. The fourth-order valence-electron chi connectivity index (χ4n) is 4.18. The topological polar surface area (TPSA) is 102 Å². The van der Waals surface area contributed by atoms with E-state index in [4.69, 9.17) is 14.2 Å². The highest BCUT2D eigenvalue weighted by atomic mass is 32.1. The molecule has 1 unspecified atom stereocenters. The van der Waals surface area contributed by atoms with E-state index in [-0.39, 0.29) is 12.1 Å². The molecule has 10 heteroatoms. The maximum absolute atomic E-state index is 12.0. The van der Waals surface area contributed by atoms with Crippen molar-refractivity contribution in [2.75, 3.05) is 26.2 Å². The monoisotopic (exact) mass is 494 g/mol. The van der Waals surface area contributed by atoms with E-state index in [2.05, 4.69) is 34.7 Å². The van der Waals surface area contributed by atoms with Crippen molar-refractivity contribution in [2.45, 2.75) is 25.9 Å². The fourth-order valence-corrected chi connectivity index (χ4v) is 4.82. The third-order valence-electron chi connectivity index (χ3n) is 5.97. The number of aryl methyl sites for hydroxylation is 2. The van der Waals surface area contributed by atoms with Gasteiger partial charge in [-0.1, -0.05) is 24.3 Å². The largest absolute Gasteiger partial charge is 0.485 e. The average Bonchev–Trinajstić information content (AvgIpc) is 3.47. The first-order chi connectivity index (χ1) is 17.0. The van der Waals surface area contributed by atoms with Crippen LogP contribution in [0, 0.1) is 6.92 Å². The number of hydrogen-bond donors (Lipinski definition) is 2. The lowest BCUT2D eigenvalue weighted by Gasteiger charge is -2.27. The number of urea groups is 1. The molecule has 3 amide bonds. The van der Waals surface area contributed by atoms with Gasteiger partial charge in [0.2, 0.25) is 5.06 Å². The molecule has 1 fully saturated rings. The highest BCUT2D eigenvalue weighted by Crippen LogP contribution is 2.39. The first-order valence-electron chi connectivity index (χ1n) is 11.5. The molecule has 2 aliphatic rings. The van der Waals surface area contributed by atoms with Crippen LogP contribution in [0.1, 0.15) is 29.2 Å². The van der Waals surface area contributed by atoms with E-state index in [1.54, 1.807) is 4.90 Å². The van der Waals surface area contributed by atoms with E-state index in [0.29, 0.717) is 42.2 Å². The molecule has 35 heavy (non-hydrogen) atoms. The maximum atomic E-state index is 12.0. The van der Waals surface area contributed by atoms with E-state index in [1.807, 2.05) is 30.3 Å². The second-order valence-electron chi connectivity index (χ2n) is 8.35. The van der Waals surface area contributed by atoms with Gasteiger partial charge in [0.25, 0.3) is 5.19 Å². The summed E-state index contributed by atoms with van der Waals surface area (Å²) in [5.41, 5.74) is 3.54. The van der Waals surface area contributed by atoms with Crippen LogP contribution >= 0.6 is 11.3 Å². The van der Waals surface area contributed by atoms with Crippen molar-refractivity contribution < 1.29 is 23.8 Å². The van der Waals surface area contributed by atoms with Crippen LogP contribution in [0.25, 0.3) is 0 Å². The molecule has 0 aliphatic carbocycles. The zero-order valence-electron chi connectivity index (χ0n) is 19.3. The Bertz CT molecular complexity index is 1230. The van der Waals surface area contributed by atoms with E-state index < -0.39 is 6.09 Å². The van der Waals surface area contributed by atoms with Gasteiger partial charge in [-0.05, 0) is 66.0 Å². The van der Waals surface area contributed by atoms with Crippen LogP contribution < -0.4 is 24.8 Å². The third kappa shape index (κ3) is 5.48. The van der Waals surface area contributed by atoms with E-state index >= 15 is 0 Å². The van der Waals surface area contributed by atoms with E-state index in [0.717, 1.165) is 35.5 Å². The summed E-state index contributed by atoms with van der Waals surface area (Å²) in [6.45, 7) is 4.09. The first-order valence-corrected chi connectivity index (χ1v) is 12.3. The lowest BCUT2D eigenvalue weighted by Crippen LogP contribution is -2.37. The highest BCUT2D eigenvalue weighted by molar-refractivity contribution is 7.15. The second kappa shape index (κ2) is 10.2. The summed E-state index contributed by atoms with van der Waals surface area (Å²) in [5, 5.41) is 6.03. The van der Waals surface area contributed by atoms with Crippen molar-refractivity contribution in [3.63, 3.8) is 0 Å². The van der Waals surface area contributed by atoms with Gasteiger partial charge in [-0.2, -0.15) is 0 Å². The lowest BCUT2D eigenvalue weighted by atomic mass is 9.95. The van der Waals surface area contributed by atoms with Gasteiger partial charge in [-0.15, -0.1) is 0 Å². The van der Waals surface area contributed by atoms with Crippen molar-refractivity contribution in [1.29, 1.82) is 0 Å². The number of amides is 3. The van der Waals surface area contributed by atoms with Gasteiger partial charge < -0.3 is 29.7 Å². The third-order valence-corrected chi connectivity index (χ3v) is 6.72. The molecular weight excluding hydrogens is 468 g/mol. The number of rotatable bonds is 7. The van der Waals surface area contributed by atoms with Gasteiger partial charge in [0.1, 0.15) is 17.6 Å². The van der Waals surface area contributed by atoms with Crippen LogP contribution in [0.3, 0.4) is 0 Å². The SMILES string of the molecule is Cc1ccccc1C1CCc2cc(Oc3ncc(OC(=O)NCCN4CCNC4=O)s3)ccc2O1. The Labute approximate surface area is 207 Å². The summed E-state index contributed by atoms with van der Waals surface area (Å²) >= 11 is 1.13. The Kier molecular flexibility index (Phi) is 6.71. The number of fused-ring (bicyclic) bond motifs is 1. The molecule has 182 valence electrons. The molecule has 1 saturated heterocycles. The molecule has 5 rings (SSSR count). The normalized spacial score (nSPS) is 16.8.